The Kier molecular flexibility index (Phi) is 14.6. The lowest BCUT2D eigenvalue weighted by atomic mass is 9.77. The quantitative estimate of drug-likeness (QED) is 0.172. The molecule has 4 aliphatic carbocycles. The van der Waals surface area contributed by atoms with Crippen LogP contribution >= 0.6 is 92.8 Å². The van der Waals surface area contributed by atoms with E-state index in [4.69, 9.17) is 97.6 Å². The first kappa shape index (κ1) is 40.4. The largest absolute Gasteiger partial charge is 0.481 e. The minimum absolute atomic E-state index is 0.0609. The van der Waals surface area contributed by atoms with Gasteiger partial charge in [0.1, 0.15) is 0 Å². The van der Waals surface area contributed by atoms with E-state index in [1.54, 1.807) is 0 Å². The lowest BCUT2D eigenvalue weighted by molar-refractivity contribution is -0.148. The number of carboxylic acids is 2. The van der Waals surface area contributed by atoms with Crippen molar-refractivity contribution >= 4 is 120 Å². The second-order valence-electron chi connectivity index (χ2n) is 12.9. The highest BCUT2D eigenvalue weighted by Crippen LogP contribution is 2.44. The van der Waals surface area contributed by atoms with Gasteiger partial charge in [0.25, 0.3) is 0 Å². The fourth-order valence-corrected chi connectivity index (χ4v) is 13.0. The molecule has 0 bridgehead atoms. The summed E-state index contributed by atoms with van der Waals surface area (Å²) < 4.78 is 27.1. The number of hydrogen-bond donors (Lipinski definition) is 4. The highest BCUT2D eigenvalue weighted by molar-refractivity contribution is 7.92. The summed E-state index contributed by atoms with van der Waals surface area (Å²) >= 11 is 50.3. The molecular weight excluding hydrogens is 808 g/mol. The lowest BCUT2D eigenvalue weighted by Gasteiger charge is -2.41. The number of carbonyl (C=O) groups is 3. The molecule has 4 saturated carbocycles. The van der Waals surface area contributed by atoms with E-state index in [0.717, 1.165) is 0 Å². The molecule has 10 nitrogen and oxygen atoms in total. The molecule has 0 radical (unpaired) electrons. The van der Waals surface area contributed by atoms with Gasteiger partial charge < -0.3 is 20.4 Å². The lowest BCUT2D eigenvalue weighted by Crippen LogP contribution is -2.58. The van der Waals surface area contributed by atoms with Crippen LogP contribution in [0.15, 0.2) is 0 Å². The zero-order valence-electron chi connectivity index (χ0n) is 24.9. The number of carboxylic acid groups (broad SMARTS) is 2. The summed E-state index contributed by atoms with van der Waals surface area (Å²) in [5, 5.41) is 13.9. The molecule has 0 spiro atoms. The first-order valence-corrected chi connectivity index (χ1v) is 20.6. The van der Waals surface area contributed by atoms with Crippen molar-refractivity contribution in [1.82, 2.24) is 10.8 Å². The van der Waals surface area contributed by atoms with Gasteiger partial charge in [-0.05, 0) is 51.4 Å². The van der Waals surface area contributed by atoms with Crippen LogP contribution in [0.5, 0.6) is 0 Å². The summed E-state index contributed by atoms with van der Waals surface area (Å²) in [4.78, 5) is 42.7. The SMILES string of the molecule is O=C(O)C1C(Cl)C(Cl)C(Cl)C(Cl)C1CONC1CCC(S(=O)(=O)C2CCC(NC(=O)C3C(Cl)C(Cl)C(Cl)C(Cl)C3C(=O)O)CC2)CC1. The Labute approximate surface area is 314 Å². The van der Waals surface area contributed by atoms with Gasteiger partial charge >= 0.3 is 11.9 Å². The average Bonchev–Trinajstić information content (AvgIpc) is 3.03. The predicted molar refractivity (Wildman–Crippen MR) is 185 cm³/mol. The van der Waals surface area contributed by atoms with Crippen molar-refractivity contribution in [2.45, 2.75) is 117 Å². The molecule has 47 heavy (non-hydrogen) atoms. The molecule has 19 heteroatoms. The van der Waals surface area contributed by atoms with Gasteiger partial charge in [0.15, 0.2) is 9.84 Å². The van der Waals surface area contributed by atoms with Crippen molar-refractivity contribution in [2.75, 3.05) is 6.61 Å². The van der Waals surface area contributed by atoms with Crippen LogP contribution in [0.25, 0.3) is 0 Å². The molecule has 0 aromatic rings. The van der Waals surface area contributed by atoms with Crippen LogP contribution in [-0.4, -0.2) is 109 Å². The van der Waals surface area contributed by atoms with Crippen molar-refractivity contribution in [3.05, 3.63) is 0 Å². The summed E-state index contributed by atoms with van der Waals surface area (Å²) in [6.07, 6.45) is 3.43. The van der Waals surface area contributed by atoms with Crippen molar-refractivity contribution in [1.29, 1.82) is 0 Å². The normalized spacial score (nSPS) is 44.8. The number of halogens is 8. The second kappa shape index (κ2) is 17.0. The van der Waals surface area contributed by atoms with E-state index in [1.165, 1.54) is 0 Å². The summed E-state index contributed by atoms with van der Waals surface area (Å²) in [5.41, 5.74) is 2.94. The van der Waals surface area contributed by atoms with Gasteiger partial charge in [-0.3, -0.25) is 14.4 Å². The highest BCUT2D eigenvalue weighted by Gasteiger charge is 2.55. The number of aliphatic carboxylic acids is 2. The van der Waals surface area contributed by atoms with Gasteiger partial charge in [0.05, 0.1) is 77.9 Å². The monoisotopic (exact) mass is 842 g/mol. The van der Waals surface area contributed by atoms with Crippen LogP contribution in [-0.2, 0) is 29.1 Å². The number of hydrogen-bond acceptors (Lipinski definition) is 7. The Hall–Kier alpha value is 0.600. The molecule has 12 unspecified atom stereocenters. The average molecular weight is 846 g/mol. The van der Waals surface area contributed by atoms with Crippen LogP contribution < -0.4 is 10.8 Å². The van der Waals surface area contributed by atoms with Crippen LogP contribution in [0.3, 0.4) is 0 Å². The Morgan fingerprint density at radius 2 is 0.979 bits per heavy atom. The Bertz CT molecular complexity index is 1240. The van der Waals surface area contributed by atoms with E-state index < -0.39 is 105 Å². The summed E-state index contributed by atoms with van der Waals surface area (Å²) in [6, 6.07) is -0.488. The molecule has 0 aliphatic heterocycles. The minimum Gasteiger partial charge on any atom is -0.481 e. The molecule has 12 atom stereocenters. The fourth-order valence-electron chi connectivity index (χ4n) is 7.35. The maximum absolute atomic E-state index is 13.6. The van der Waals surface area contributed by atoms with Crippen LogP contribution in [0.2, 0.25) is 0 Å². The fraction of sp³-hybridized carbons (Fsp3) is 0.893. The summed E-state index contributed by atoms with van der Waals surface area (Å²) in [5.74, 6) is -7.30. The Morgan fingerprint density at radius 1 is 0.574 bits per heavy atom. The molecule has 4 aliphatic rings. The minimum atomic E-state index is -3.46. The number of rotatable bonds is 10. The number of carbonyl (C=O) groups excluding carboxylic acids is 1. The molecule has 0 aromatic heterocycles. The second-order valence-corrected chi connectivity index (χ2v) is 19.5. The van der Waals surface area contributed by atoms with E-state index in [0.29, 0.717) is 51.4 Å². The van der Waals surface area contributed by atoms with Gasteiger partial charge in [-0.15, -0.1) is 92.8 Å². The van der Waals surface area contributed by atoms with E-state index >= 15 is 0 Å². The molecule has 0 heterocycles. The Morgan fingerprint density at radius 3 is 1.45 bits per heavy atom. The van der Waals surface area contributed by atoms with Gasteiger partial charge in [-0.1, -0.05) is 0 Å². The topological polar surface area (TPSA) is 159 Å². The molecule has 0 aromatic carbocycles. The van der Waals surface area contributed by atoms with Crippen LogP contribution in [0.4, 0.5) is 0 Å². The van der Waals surface area contributed by atoms with Crippen LogP contribution in [0, 0.1) is 23.7 Å². The van der Waals surface area contributed by atoms with E-state index in [2.05, 4.69) is 10.8 Å². The van der Waals surface area contributed by atoms with E-state index in [9.17, 15) is 33.0 Å². The third-order valence-electron chi connectivity index (χ3n) is 10.1. The molecule has 0 saturated heterocycles. The standard InChI is InChI=1S/C28H38Cl8N2O8S/c29-18-14(15(27(40)41)19(30)23(34)22(18)33)9-46-38-11-3-7-13(8-4-11)47(44,45)12-5-1-10(2-6-12)37-26(39)16-17(28(42)43)21(32)25(36)24(35)20(16)31/h10-25,38H,1-9H2,(H,37,39)(H,40,41)(H,42,43). The smallest absolute Gasteiger partial charge is 0.308 e. The van der Waals surface area contributed by atoms with Gasteiger partial charge in [0.2, 0.25) is 5.91 Å². The number of hydroxylamine groups is 1. The third kappa shape index (κ3) is 8.81. The number of alkyl halides is 8. The first-order chi connectivity index (χ1) is 22.0. The zero-order chi connectivity index (χ0) is 35.0. The molecular formula is C28H38Cl8N2O8S. The third-order valence-corrected chi connectivity index (χ3v) is 18.1. The maximum atomic E-state index is 13.6. The van der Waals surface area contributed by atoms with Crippen molar-refractivity contribution in [3.8, 4) is 0 Å². The van der Waals surface area contributed by atoms with Crippen molar-refractivity contribution in [2.24, 2.45) is 23.7 Å². The van der Waals surface area contributed by atoms with Gasteiger partial charge in [0, 0.05) is 18.0 Å². The zero-order valence-corrected chi connectivity index (χ0v) is 31.7. The predicted octanol–water partition coefficient (Wildman–Crippen LogP) is 5.18. The molecule has 4 N–H and O–H groups in total. The highest BCUT2D eigenvalue weighted by atomic mass is 35.5. The first-order valence-electron chi connectivity index (χ1n) is 15.5. The van der Waals surface area contributed by atoms with Crippen molar-refractivity contribution < 1.29 is 37.9 Å². The Balaban J connectivity index is 1.24. The molecule has 4 rings (SSSR count). The maximum Gasteiger partial charge on any atom is 0.308 e. The van der Waals surface area contributed by atoms with Crippen LogP contribution in [0.1, 0.15) is 51.4 Å². The number of nitrogens with one attached hydrogen (secondary N) is 2. The summed E-state index contributed by atoms with van der Waals surface area (Å²) in [6.45, 7) is -0.0609. The van der Waals surface area contributed by atoms with Gasteiger partial charge in [-0.2, -0.15) is 5.48 Å². The molecule has 1 amide bonds. The molecule has 4 fully saturated rings. The summed E-state index contributed by atoms with van der Waals surface area (Å²) in [7, 11) is -3.46. The van der Waals surface area contributed by atoms with Gasteiger partial charge in [-0.25, -0.2) is 8.42 Å². The van der Waals surface area contributed by atoms with E-state index in [-0.39, 0.29) is 18.7 Å². The molecule has 270 valence electrons. The number of sulfone groups is 1. The van der Waals surface area contributed by atoms with E-state index in [1.807, 2.05) is 0 Å². The number of amides is 1. The van der Waals surface area contributed by atoms with Crippen molar-refractivity contribution in [3.63, 3.8) is 0 Å².